The molecule has 170 valence electrons. The Morgan fingerprint density at radius 3 is 2.53 bits per heavy atom. The summed E-state index contributed by atoms with van der Waals surface area (Å²) < 4.78 is 53.1. The minimum Gasteiger partial charge on any atom is -0.341 e. The van der Waals surface area contributed by atoms with Crippen molar-refractivity contribution in [2.45, 2.75) is 25.1 Å². The van der Waals surface area contributed by atoms with Gasteiger partial charge in [0.25, 0.3) is 5.91 Å². The van der Waals surface area contributed by atoms with E-state index < -0.39 is 35.9 Å². The Morgan fingerprint density at radius 2 is 1.88 bits per heavy atom. The van der Waals surface area contributed by atoms with Gasteiger partial charge in [-0.05, 0) is 43.2 Å². The number of anilines is 1. The molecular weight excluding hydrogens is 518 g/mol. The van der Waals surface area contributed by atoms with Gasteiger partial charge in [-0.2, -0.15) is 13.2 Å². The maximum atomic E-state index is 13.9. The lowest BCUT2D eigenvalue weighted by molar-refractivity contribution is -0.183. The van der Waals surface area contributed by atoms with Crippen LogP contribution >= 0.6 is 27.5 Å². The van der Waals surface area contributed by atoms with Crippen LogP contribution in [0, 0.1) is 11.7 Å². The van der Waals surface area contributed by atoms with Gasteiger partial charge in [-0.15, -0.1) is 0 Å². The van der Waals surface area contributed by atoms with Crippen LogP contribution in [0.5, 0.6) is 0 Å². The Morgan fingerprint density at radius 1 is 1.19 bits per heavy atom. The fourth-order valence-electron chi connectivity index (χ4n) is 4.07. The summed E-state index contributed by atoms with van der Waals surface area (Å²) >= 11 is 9.54. The highest BCUT2D eigenvalue weighted by molar-refractivity contribution is 9.10. The minimum atomic E-state index is -4.28. The minimum absolute atomic E-state index is 0.0391. The Balaban J connectivity index is 1.62. The Kier molecular flexibility index (Phi) is 6.10. The largest absolute Gasteiger partial charge is 0.391 e. The number of piperidine rings is 1. The van der Waals surface area contributed by atoms with Crippen LogP contribution in [0.2, 0.25) is 5.02 Å². The second kappa shape index (κ2) is 8.55. The zero-order valence-corrected chi connectivity index (χ0v) is 18.7. The molecule has 2 N–H and O–H groups in total. The number of rotatable bonds is 2. The molecule has 2 aliphatic rings. The summed E-state index contributed by atoms with van der Waals surface area (Å²) in [6.07, 6.45) is -4.62. The van der Waals surface area contributed by atoms with Crippen molar-refractivity contribution in [2.75, 3.05) is 18.4 Å². The summed E-state index contributed by atoms with van der Waals surface area (Å²) in [4.78, 5) is 26.7. The molecule has 2 aromatic carbocycles. The number of carbonyl (C=O) groups is 2. The molecule has 0 bridgehead atoms. The molecule has 2 aromatic rings. The fraction of sp³-hybridized carbons (Fsp3) is 0.333. The third-order valence-corrected chi connectivity index (χ3v) is 6.51. The van der Waals surface area contributed by atoms with Crippen LogP contribution in [0.3, 0.4) is 0 Å². The highest BCUT2D eigenvalue weighted by Gasteiger charge is 2.42. The van der Waals surface area contributed by atoms with Crippen molar-refractivity contribution in [1.29, 1.82) is 0 Å². The molecule has 4 rings (SSSR count). The summed E-state index contributed by atoms with van der Waals surface area (Å²) in [7, 11) is 0. The molecule has 1 atom stereocenters. The summed E-state index contributed by atoms with van der Waals surface area (Å²) in [6, 6.07) is 5.55. The molecule has 0 aromatic heterocycles. The first-order valence-electron chi connectivity index (χ1n) is 9.76. The molecule has 2 aliphatic heterocycles. The molecule has 0 radical (unpaired) electrons. The molecule has 32 heavy (non-hydrogen) atoms. The third kappa shape index (κ3) is 4.43. The van der Waals surface area contributed by atoms with Crippen LogP contribution in [0.4, 0.5) is 28.0 Å². The van der Waals surface area contributed by atoms with Crippen molar-refractivity contribution in [1.82, 2.24) is 10.2 Å². The number of likely N-dealkylation sites (tertiary alicyclic amines) is 1. The smallest absolute Gasteiger partial charge is 0.341 e. The topological polar surface area (TPSA) is 61.4 Å². The van der Waals surface area contributed by atoms with Crippen molar-refractivity contribution >= 4 is 45.2 Å². The quantitative estimate of drug-likeness (QED) is 0.473. The zero-order chi connectivity index (χ0) is 23.2. The number of nitrogens with zero attached hydrogens (tertiary/aromatic N) is 1. The SMILES string of the molecule is O=C1NC(c2cc(F)ccc2Cl)c2c(NC(=O)N3CCC(C(F)(F)F)CC3)cc(Br)cc21. The molecule has 1 unspecified atom stereocenters. The van der Waals surface area contributed by atoms with Gasteiger partial charge in [-0.1, -0.05) is 27.5 Å². The normalized spacial score (nSPS) is 19.0. The second-order valence-corrected chi connectivity index (χ2v) is 9.04. The van der Waals surface area contributed by atoms with Crippen molar-refractivity contribution < 1.29 is 27.2 Å². The summed E-state index contributed by atoms with van der Waals surface area (Å²) in [6.45, 7) is -0.0783. The maximum Gasteiger partial charge on any atom is 0.391 e. The van der Waals surface area contributed by atoms with Gasteiger partial charge in [0.2, 0.25) is 0 Å². The molecular formula is C21H17BrClF4N3O2. The first-order chi connectivity index (χ1) is 15.0. The van der Waals surface area contributed by atoms with Gasteiger partial charge in [0, 0.05) is 45.0 Å². The van der Waals surface area contributed by atoms with Crippen molar-refractivity contribution in [3.63, 3.8) is 0 Å². The number of hydrogen-bond acceptors (Lipinski definition) is 2. The molecule has 2 heterocycles. The lowest BCUT2D eigenvalue weighted by atomic mass is 9.96. The number of carbonyl (C=O) groups excluding carboxylic acids is 2. The van der Waals surface area contributed by atoms with E-state index in [9.17, 15) is 27.2 Å². The average Bonchev–Trinajstić information content (AvgIpc) is 3.05. The molecule has 5 nitrogen and oxygen atoms in total. The zero-order valence-electron chi connectivity index (χ0n) is 16.4. The van der Waals surface area contributed by atoms with E-state index >= 15 is 0 Å². The number of alkyl halides is 3. The predicted molar refractivity (Wildman–Crippen MR) is 114 cm³/mol. The Hall–Kier alpha value is -2.33. The van der Waals surface area contributed by atoms with Crippen molar-refractivity contribution in [3.05, 3.63) is 62.3 Å². The highest BCUT2D eigenvalue weighted by Crippen LogP contribution is 2.41. The standard InChI is InChI=1S/C21H17BrClF4N3O2/c22-11-7-14-17(18(29-19(14)31)13-9-12(24)1-2-15(13)23)16(8-11)28-20(32)30-5-3-10(4-6-30)21(25,26)27/h1-2,7-10,18H,3-6H2,(H,28,32)(H,29,31). The lowest BCUT2D eigenvalue weighted by Gasteiger charge is -2.33. The second-order valence-electron chi connectivity index (χ2n) is 7.72. The molecule has 0 saturated carbocycles. The van der Waals surface area contributed by atoms with Crippen LogP contribution in [-0.2, 0) is 0 Å². The molecule has 3 amide bonds. The summed E-state index contributed by atoms with van der Waals surface area (Å²) in [5, 5.41) is 5.69. The number of halogens is 6. The number of hydrogen-bond donors (Lipinski definition) is 2. The molecule has 1 fully saturated rings. The van der Waals surface area contributed by atoms with Crippen molar-refractivity contribution in [3.8, 4) is 0 Å². The summed E-state index contributed by atoms with van der Waals surface area (Å²) in [5.41, 5.74) is 1.28. The molecule has 11 heteroatoms. The van der Waals surface area contributed by atoms with E-state index in [0.29, 0.717) is 15.6 Å². The lowest BCUT2D eigenvalue weighted by Crippen LogP contribution is -2.44. The first-order valence-corrected chi connectivity index (χ1v) is 10.9. The highest BCUT2D eigenvalue weighted by atomic mass is 79.9. The molecule has 1 saturated heterocycles. The number of fused-ring (bicyclic) bond motifs is 1. The number of nitrogens with one attached hydrogen (secondary N) is 2. The van der Waals surface area contributed by atoms with E-state index in [2.05, 4.69) is 26.6 Å². The van der Waals surface area contributed by atoms with E-state index in [-0.39, 0.29) is 42.2 Å². The van der Waals surface area contributed by atoms with Gasteiger partial charge in [0.15, 0.2) is 0 Å². The summed E-state index contributed by atoms with van der Waals surface area (Å²) in [5.74, 6) is -2.39. The van der Waals surface area contributed by atoms with Crippen molar-refractivity contribution in [2.24, 2.45) is 5.92 Å². The van der Waals surface area contributed by atoms with Gasteiger partial charge in [-0.3, -0.25) is 4.79 Å². The van der Waals surface area contributed by atoms with E-state index in [1.807, 2.05) is 0 Å². The third-order valence-electron chi connectivity index (χ3n) is 5.71. The number of amides is 3. The van der Waals surface area contributed by atoms with E-state index in [1.54, 1.807) is 12.1 Å². The average molecular weight is 535 g/mol. The van der Waals surface area contributed by atoms with E-state index in [1.165, 1.54) is 23.1 Å². The Labute approximate surface area is 194 Å². The monoisotopic (exact) mass is 533 g/mol. The first kappa shape index (κ1) is 22.8. The number of urea groups is 1. The van der Waals surface area contributed by atoms with Crippen LogP contribution < -0.4 is 10.6 Å². The van der Waals surface area contributed by atoms with Gasteiger partial charge in [-0.25, -0.2) is 9.18 Å². The number of benzene rings is 2. The van der Waals surface area contributed by atoms with E-state index in [0.717, 1.165) is 0 Å². The van der Waals surface area contributed by atoms with Gasteiger partial charge < -0.3 is 15.5 Å². The van der Waals surface area contributed by atoms with Crippen LogP contribution in [0.1, 0.15) is 40.4 Å². The van der Waals surface area contributed by atoms with Gasteiger partial charge in [0.1, 0.15) is 5.82 Å². The predicted octanol–water partition coefficient (Wildman–Crippen LogP) is 5.88. The van der Waals surface area contributed by atoms with Gasteiger partial charge >= 0.3 is 12.2 Å². The molecule has 0 aliphatic carbocycles. The Bertz CT molecular complexity index is 1090. The molecule has 0 spiro atoms. The van der Waals surface area contributed by atoms with Gasteiger partial charge in [0.05, 0.1) is 12.0 Å². The van der Waals surface area contributed by atoms with E-state index in [4.69, 9.17) is 11.6 Å². The van der Waals surface area contributed by atoms with Crippen LogP contribution in [0.15, 0.2) is 34.8 Å². The fourth-order valence-corrected chi connectivity index (χ4v) is 4.76. The van der Waals surface area contributed by atoms with Crippen LogP contribution in [-0.4, -0.2) is 36.1 Å². The maximum absolute atomic E-state index is 13.9. The van der Waals surface area contributed by atoms with Crippen LogP contribution in [0.25, 0.3) is 0 Å².